The van der Waals surface area contributed by atoms with E-state index in [1.807, 2.05) is 43.4 Å². The fraction of sp³-hybridized carbons (Fsp3) is 0.333. The zero-order valence-electron chi connectivity index (χ0n) is 14.8. The molecular weight excluding hydrogens is 388 g/mol. The fourth-order valence-electron chi connectivity index (χ4n) is 2.09. The molecule has 0 N–H and O–H groups in total. The monoisotopic (exact) mass is 412 g/mol. The molecule has 0 aromatic carbocycles. The van der Waals surface area contributed by atoms with Crippen molar-refractivity contribution in [1.82, 2.24) is 0 Å². The number of hydrogen-bond donors (Lipinski definition) is 0. The second-order valence-corrected chi connectivity index (χ2v) is 9.16. The van der Waals surface area contributed by atoms with Crippen molar-refractivity contribution in [1.29, 1.82) is 0 Å². The summed E-state index contributed by atoms with van der Waals surface area (Å²) in [5, 5.41) is 6.43. The second kappa shape index (κ2) is 11.7. The standard InChI is InChI=1S/C12H8S3.C6H16O3Si/c1-3-10(13-6-1)9-5-8-15-12(9)11-4-2-7-14-11;1-4-7-10(8-5-2)9-6-3/h1-8H;10H,4-6H2,1-3H3. The molecule has 0 bridgehead atoms. The molecule has 25 heavy (non-hydrogen) atoms. The van der Waals surface area contributed by atoms with E-state index in [2.05, 4.69) is 46.5 Å². The first kappa shape index (κ1) is 20.5. The van der Waals surface area contributed by atoms with E-state index in [0.29, 0.717) is 19.8 Å². The third-order valence-electron chi connectivity index (χ3n) is 3.11. The smallest absolute Gasteiger partial charge is 0.376 e. The summed E-state index contributed by atoms with van der Waals surface area (Å²) in [5.41, 5.74) is 1.37. The van der Waals surface area contributed by atoms with Crippen LogP contribution in [0.5, 0.6) is 0 Å². The van der Waals surface area contributed by atoms with Crippen molar-refractivity contribution < 1.29 is 13.3 Å². The van der Waals surface area contributed by atoms with Crippen LogP contribution in [0.2, 0.25) is 0 Å². The van der Waals surface area contributed by atoms with Crippen LogP contribution in [0, 0.1) is 0 Å². The third kappa shape index (κ3) is 6.45. The molecule has 136 valence electrons. The van der Waals surface area contributed by atoms with Gasteiger partial charge < -0.3 is 13.3 Å². The minimum Gasteiger partial charge on any atom is -0.376 e. The molecule has 3 nitrogen and oxygen atoms in total. The Hall–Kier alpha value is -0.803. The molecule has 0 aliphatic heterocycles. The first-order valence-corrected chi connectivity index (χ1v) is 12.3. The Morgan fingerprint density at radius 2 is 1.28 bits per heavy atom. The highest BCUT2D eigenvalue weighted by Crippen LogP contribution is 2.40. The van der Waals surface area contributed by atoms with Gasteiger partial charge >= 0.3 is 9.53 Å². The summed E-state index contributed by atoms with van der Waals surface area (Å²) in [5.74, 6) is 0. The van der Waals surface area contributed by atoms with E-state index >= 15 is 0 Å². The molecule has 0 saturated heterocycles. The molecular formula is C18H24O3S3Si. The lowest BCUT2D eigenvalue weighted by Crippen LogP contribution is -2.27. The lowest BCUT2D eigenvalue weighted by atomic mass is 10.2. The van der Waals surface area contributed by atoms with Gasteiger partial charge in [0.1, 0.15) is 0 Å². The molecule has 3 aromatic rings. The number of thiophene rings is 3. The maximum absolute atomic E-state index is 5.22. The van der Waals surface area contributed by atoms with Crippen molar-refractivity contribution in [2.24, 2.45) is 0 Å². The summed E-state index contributed by atoms with van der Waals surface area (Å²) in [4.78, 5) is 4.13. The molecule has 3 rings (SSSR count). The van der Waals surface area contributed by atoms with E-state index in [9.17, 15) is 0 Å². The Balaban J connectivity index is 0.000000199. The van der Waals surface area contributed by atoms with Gasteiger partial charge in [-0.25, -0.2) is 0 Å². The Labute approximate surface area is 163 Å². The minimum absolute atomic E-state index is 0.677. The normalized spacial score (nSPS) is 10.7. The van der Waals surface area contributed by atoms with Crippen LogP contribution >= 0.6 is 34.0 Å². The van der Waals surface area contributed by atoms with Crippen LogP contribution in [0.25, 0.3) is 20.2 Å². The number of rotatable bonds is 8. The minimum atomic E-state index is -1.73. The molecule has 0 aliphatic carbocycles. The Bertz CT molecular complexity index is 617. The van der Waals surface area contributed by atoms with Crippen molar-refractivity contribution in [3.63, 3.8) is 0 Å². The second-order valence-electron chi connectivity index (χ2n) is 4.77. The summed E-state index contributed by atoms with van der Waals surface area (Å²) < 4.78 is 15.7. The SMILES string of the molecule is CCO[SiH](OCC)OCC.c1csc(-c2ccsc2-c2cccs2)c1. The highest BCUT2D eigenvalue weighted by molar-refractivity contribution is 7.21. The third-order valence-corrected chi connectivity index (χ3v) is 7.79. The van der Waals surface area contributed by atoms with Gasteiger partial charge in [0.2, 0.25) is 0 Å². The Kier molecular flexibility index (Phi) is 9.63. The van der Waals surface area contributed by atoms with Crippen LogP contribution in [0.1, 0.15) is 20.8 Å². The van der Waals surface area contributed by atoms with Gasteiger partial charge in [0.25, 0.3) is 0 Å². The zero-order valence-corrected chi connectivity index (χ0v) is 18.4. The number of hydrogen-bond acceptors (Lipinski definition) is 6. The highest BCUT2D eigenvalue weighted by atomic mass is 32.1. The highest BCUT2D eigenvalue weighted by Gasteiger charge is 2.11. The molecule has 0 aliphatic rings. The largest absolute Gasteiger partial charge is 0.484 e. The lowest BCUT2D eigenvalue weighted by molar-refractivity contribution is 0.107. The van der Waals surface area contributed by atoms with E-state index in [0.717, 1.165) is 0 Å². The first-order chi connectivity index (χ1) is 12.3. The van der Waals surface area contributed by atoms with Gasteiger partial charge in [0, 0.05) is 35.1 Å². The van der Waals surface area contributed by atoms with E-state index in [1.165, 1.54) is 20.2 Å². The Morgan fingerprint density at radius 3 is 1.76 bits per heavy atom. The maximum atomic E-state index is 5.22. The van der Waals surface area contributed by atoms with Crippen LogP contribution in [-0.2, 0) is 13.3 Å². The van der Waals surface area contributed by atoms with Crippen molar-refractivity contribution >= 4 is 43.5 Å². The van der Waals surface area contributed by atoms with Gasteiger partial charge in [-0.15, -0.1) is 34.0 Å². The average Bonchev–Trinajstić information content (AvgIpc) is 3.36. The maximum Gasteiger partial charge on any atom is 0.484 e. The van der Waals surface area contributed by atoms with Gasteiger partial charge in [-0.3, -0.25) is 0 Å². The van der Waals surface area contributed by atoms with E-state index < -0.39 is 9.53 Å². The lowest BCUT2D eigenvalue weighted by Gasteiger charge is -2.12. The van der Waals surface area contributed by atoms with Gasteiger partial charge in [-0.2, -0.15) is 0 Å². The van der Waals surface area contributed by atoms with Crippen LogP contribution in [0.15, 0.2) is 46.5 Å². The van der Waals surface area contributed by atoms with Gasteiger partial charge in [0.15, 0.2) is 0 Å². The van der Waals surface area contributed by atoms with Gasteiger partial charge in [0.05, 0.1) is 4.88 Å². The van der Waals surface area contributed by atoms with Crippen molar-refractivity contribution in [3.05, 3.63) is 46.5 Å². The molecule has 0 atom stereocenters. The molecule has 0 spiro atoms. The predicted molar refractivity (Wildman–Crippen MR) is 113 cm³/mol. The van der Waals surface area contributed by atoms with Crippen LogP contribution < -0.4 is 0 Å². The molecule has 0 fully saturated rings. The van der Waals surface area contributed by atoms with Crippen LogP contribution in [-0.4, -0.2) is 29.3 Å². The summed E-state index contributed by atoms with van der Waals surface area (Å²) >= 11 is 5.43. The molecule has 3 heterocycles. The van der Waals surface area contributed by atoms with Crippen molar-refractivity contribution in [2.45, 2.75) is 20.8 Å². The van der Waals surface area contributed by atoms with Crippen molar-refractivity contribution in [3.8, 4) is 20.2 Å². The molecule has 0 amide bonds. The Morgan fingerprint density at radius 1 is 0.720 bits per heavy atom. The van der Waals surface area contributed by atoms with Crippen LogP contribution in [0.3, 0.4) is 0 Å². The van der Waals surface area contributed by atoms with Crippen LogP contribution in [0.4, 0.5) is 0 Å². The van der Waals surface area contributed by atoms with Crippen molar-refractivity contribution in [2.75, 3.05) is 19.8 Å². The van der Waals surface area contributed by atoms with E-state index in [1.54, 1.807) is 11.3 Å². The topological polar surface area (TPSA) is 27.7 Å². The molecule has 0 radical (unpaired) electrons. The molecule has 3 aromatic heterocycles. The summed E-state index contributed by atoms with van der Waals surface area (Å²) in [6, 6.07) is 10.8. The fourth-order valence-corrected chi connectivity index (χ4v) is 5.81. The summed E-state index contributed by atoms with van der Waals surface area (Å²) in [6.45, 7) is 7.86. The summed E-state index contributed by atoms with van der Waals surface area (Å²) in [6.07, 6.45) is 0. The molecule has 0 saturated carbocycles. The van der Waals surface area contributed by atoms with E-state index in [4.69, 9.17) is 13.3 Å². The predicted octanol–water partition coefficient (Wildman–Crippen LogP) is 6.02. The van der Waals surface area contributed by atoms with E-state index in [-0.39, 0.29) is 0 Å². The first-order valence-electron chi connectivity index (χ1n) is 8.30. The average molecular weight is 413 g/mol. The zero-order chi connectivity index (χ0) is 17.9. The molecule has 0 unspecified atom stereocenters. The van der Waals surface area contributed by atoms with Gasteiger partial charge in [-0.05, 0) is 55.1 Å². The van der Waals surface area contributed by atoms with Gasteiger partial charge in [-0.1, -0.05) is 12.1 Å². The molecule has 7 heteroatoms. The summed E-state index contributed by atoms with van der Waals surface area (Å²) in [7, 11) is -1.73. The quantitative estimate of drug-likeness (QED) is 0.424.